The molecular weight excluding hydrogens is 480 g/mol. The molecule has 6 nitrogen and oxygen atoms in total. The number of carbonyl (C=O) groups excluding carboxylic acids is 2. The number of benzene rings is 1. The van der Waals surface area contributed by atoms with Gasteiger partial charge in [-0.05, 0) is 86.5 Å². The number of rotatable bonds is 9. The van der Waals surface area contributed by atoms with Gasteiger partial charge in [0, 0.05) is 31.8 Å². The van der Waals surface area contributed by atoms with Gasteiger partial charge in [-0.3, -0.25) is 9.59 Å². The number of fused-ring (bicyclic) bond motifs is 1. The summed E-state index contributed by atoms with van der Waals surface area (Å²) in [6.07, 6.45) is 11.3. The second kappa shape index (κ2) is 13.1. The number of methoxy groups -OCH3 is 1. The largest absolute Gasteiger partial charge is 0.504 e. The molecule has 0 radical (unpaired) electrons. The minimum Gasteiger partial charge on any atom is -0.504 e. The highest BCUT2D eigenvalue weighted by atomic mass is 16.5. The normalized spacial score (nSPS) is 28.1. The number of phenols is 1. The van der Waals surface area contributed by atoms with Crippen molar-refractivity contribution in [1.82, 2.24) is 0 Å². The zero-order valence-electron chi connectivity index (χ0n) is 22.8. The molecule has 0 amide bonds. The van der Waals surface area contributed by atoms with Gasteiger partial charge in [-0.1, -0.05) is 37.5 Å². The van der Waals surface area contributed by atoms with Crippen LogP contribution >= 0.6 is 0 Å². The number of aliphatic hydroxyl groups is 2. The number of phenolic OH excluding ortho intramolecular Hbond substituents is 1. The lowest BCUT2D eigenvalue weighted by Gasteiger charge is -2.40. The summed E-state index contributed by atoms with van der Waals surface area (Å²) in [5.41, 5.74) is 0.754. The molecule has 4 rings (SSSR count). The first-order chi connectivity index (χ1) is 18.4. The number of hydrogen-bond acceptors (Lipinski definition) is 6. The van der Waals surface area contributed by atoms with Gasteiger partial charge in [-0.15, -0.1) is 0 Å². The molecule has 0 heterocycles. The van der Waals surface area contributed by atoms with Crippen molar-refractivity contribution in [2.24, 2.45) is 17.3 Å². The number of unbranched alkanes of at least 4 members (excludes halogenated alkanes) is 1. The standard InChI is InChI=1S/C32H44O6/c1-38-29-20-25-10-13-30(36)32(17-15-24(7-4-18-33)27(25)21-28(29)35)16-14-23(19-31(32)37)6-3-2-5-22-8-11-26(34)12-9-22/h20-24,31,33,35,37H,2-14,16,18-19H2,1H3/t23-,24-,31+,32+/m0/s1. The van der Waals surface area contributed by atoms with E-state index in [0.717, 1.165) is 62.5 Å². The van der Waals surface area contributed by atoms with Crippen molar-refractivity contribution >= 4 is 11.6 Å². The van der Waals surface area contributed by atoms with E-state index in [1.54, 1.807) is 12.1 Å². The Balaban J connectivity index is 1.43. The maximum atomic E-state index is 13.6. The van der Waals surface area contributed by atoms with Gasteiger partial charge in [0.1, 0.15) is 11.2 Å². The van der Waals surface area contributed by atoms with Crippen LogP contribution in [0.5, 0.6) is 11.5 Å². The van der Waals surface area contributed by atoms with Crippen molar-refractivity contribution in [3.8, 4) is 23.3 Å². The van der Waals surface area contributed by atoms with Crippen LogP contribution in [0.25, 0.3) is 0 Å². The molecule has 0 saturated heterocycles. The van der Waals surface area contributed by atoms with Gasteiger partial charge in [-0.25, -0.2) is 0 Å². The van der Waals surface area contributed by atoms with E-state index in [4.69, 9.17) is 4.74 Å². The maximum Gasteiger partial charge on any atom is 0.160 e. The van der Waals surface area contributed by atoms with Crippen LogP contribution in [0.15, 0.2) is 12.1 Å². The van der Waals surface area contributed by atoms with Crippen molar-refractivity contribution in [2.45, 2.75) is 108 Å². The number of Topliss-reactive ketones (excluding diaryl/α,β-unsaturated/α-hetero) is 2. The first-order valence-corrected chi connectivity index (χ1v) is 14.6. The highest BCUT2D eigenvalue weighted by Gasteiger charge is 2.47. The van der Waals surface area contributed by atoms with Gasteiger partial charge >= 0.3 is 0 Å². The highest BCUT2D eigenvalue weighted by Crippen LogP contribution is 2.44. The van der Waals surface area contributed by atoms with Crippen molar-refractivity contribution in [1.29, 1.82) is 0 Å². The van der Waals surface area contributed by atoms with Crippen molar-refractivity contribution in [3.63, 3.8) is 0 Å². The summed E-state index contributed by atoms with van der Waals surface area (Å²) in [5, 5.41) is 31.3. The molecule has 0 unspecified atom stereocenters. The molecule has 1 aromatic carbocycles. The van der Waals surface area contributed by atoms with Gasteiger partial charge in [0.05, 0.1) is 13.2 Å². The van der Waals surface area contributed by atoms with Crippen molar-refractivity contribution < 1.29 is 29.6 Å². The van der Waals surface area contributed by atoms with Crippen LogP contribution in [0.3, 0.4) is 0 Å². The van der Waals surface area contributed by atoms with Crippen molar-refractivity contribution in [3.05, 3.63) is 23.3 Å². The first kappa shape index (κ1) is 28.6. The van der Waals surface area contributed by atoms with Crippen LogP contribution < -0.4 is 4.74 Å². The number of aliphatic hydroxyl groups excluding tert-OH is 2. The molecule has 3 aliphatic rings. The van der Waals surface area contributed by atoms with Crippen molar-refractivity contribution in [2.75, 3.05) is 13.7 Å². The third-order valence-corrected chi connectivity index (χ3v) is 9.27. The summed E-state index contributed by atoms with van der Waals surface area (Å²) >= 11 is 0. The summed E-state index contributed by atoms with van der Waals surface area (Å²) in [4.78, 5) is 25.1. The van der Waals surface area contributed by atoms with Gasteiger partial charge in [0.2, 0.25) is 0 Å². The molecule has 4 atom stereocenters. The molecule has 1 aromatic rings. The van der Waals surface area contributed by atoms with E-state index in [1.165, 1.54) is 13.5 Å². The van der Waals surface area contributed by atoms with Crippen LogP contribution in [-0.2, 0) is 16.0 Å². The summed E-state index contributed by atoms with van der Waals surface area (Å²) < 4.78 is 5.31. The lowest BCUT2D eigenvalue weighted by molar-refractivity contribution is -0.134. The topological polar surface area (TPSA) is 104 Å². The van der Waals surface area contributed by atoms with Crippen LogP contribution in [0.2, 0.25) is 0 Å². The van der Waals surface area contributed by atoms with Crippen LogP contribution in [0.1, 0.15) is 107 Å². The Morgan fingerprint density at radius 3 is 2.39 bits per heavy atom. The molecule has 3 aliphatic carbocycles. The second-order valence-corrected chi connectivity index (χ2v) is 11.7. The molecule has 208 valence electrons. The molecule has 38 heavy (non-hydrogen) atoms. The quantitative estimate of drug-likeness (QED) is 0.301. The second-order valence-electron chi connectivity index (χ2n) is 11.7. The molecule has 2 fully saturated rings. The first-order valence-electron chi connectivity index (χ1n) is 14.6. The van der Waals surface area contributed by atoms with Gasteiger partial charge in [0.15, 0.2) is 17.3 Å². The van der Waals surface area contributed by atoms with Gasteiger partial charge < -0.3 is 20.1 Å². The minimum absolute atomic E-state index is 0.00333. The third kappa shape index (κ3) is 6.61. The Labute approximate surface area is 227 Å². The lowest BCUT2D eigenvalue weighted by Crippen LogP contribution is -2.46. The number of aryl methyl sites for hydroxylation is 1. The van der Waals surface area contributed by atoms with E-state index in [9.17, 15) is 24.9 Å². The fourth-order valence-corrected chi connectivity index (χ4v) is 6.81. The average molecular weight is 525 g/mol. The smallest absolute Gasteiger partial charge is 0.160 e. The number of hydrogen-bond donors (Lipinski definition) is 3. The summed E-state index contributed by atoms with van der Waals surface area (Å²) in [6.45, 7) is 0.0445. The Morgan fingerprint density at radius 2 is 1.71 bits per heavy atom. The average Bonchev–Trinajstić information content (AvgIpc) is 2.96. The van der Waals surface area contributed by atoms with E-state index in [1.807, 2.05) is 0 Å². The molecular formula is C32H44O6. The van der Waals surface area contributed by atoms with Crippen LogP contribution in [-0.4, -0.2) is 46.7 Å². The number of carbonyl (C=O) groups is 2. The minimum atomic E-state index is -1.04. The predicted molar refractivity (Wildman–Crippen MR) is 146 cm³/mol. The van der Waals surface area contributed by atoms with E-state index >= 15 is 0 Å². The Kier molecular flexibility index (Phi) is 9.90. The highest BCUT2D eigenvalue weighted by molar-refractivity contribution is 5.89. The molecule has 1 spiro atoms. The van der Waals surface area contributed by atoms with E-state index in [2.05, 4.69) is 11.8 Å². The zero-order chi connectivity index (χ0) is 27.1. The Hall–Kier alpha value is -2.36. The summed E-state index contributed by atoms with van der Waals surface area (Å²) in [7, 11) is 1.51. The molecule has 2 saturated carbocycles. The molecule has 3 N–H and O–H groups in total. The maximum absolute atomic E-state index is 13.6. The monoisotopic (exact) mass is 524 g/mol. The zero-order valence-corrected chi connectivity index (χ0v) is 22.8. The fraction of sp³-hybridized carbons (Fsp3) is 0.688. The van der Waals surface area contributed by atoms with E-state index in [-0.39, 0.29) is 30.5 Å². The van der Waals surface area contributed by atoms with Gasteiger partial charge in [-0.2, -0.15) is 0 Å². The van der Waals surface area contributed by atoms with E-state index in [0.29, 0.717) is 55.5 Å². The number of ketones is 2. The Bertz CT molecular complexity index is 1040. The number of ether oxygens (including phenoxy) is 1. The molecule has 0 bridgehead atoms. The van der Waals surface area contributed by atoms with E-state index < -0.39 is 11.5 Å². The molecule has 0 aromatic heterocycles. The fourth-order valence-electron chi connectivity index (χ4n) is 6.81. The third-order valence-electron chi connectivity index (χ3n) is 9.27. The summed E-state index contributed by atoms with van der Waals surface area (Å²) in [5.74, 6) is 8.29. The lowest BCUT2D eigenvalue weighted by atomic mass is 9.64. The SMILES string of the molecule is COc1cc2c(cc1O)[C@@H](CCCO)C#C[C@]1(CC[C@H](CCCCC3CCC(=O)CC3)C[C@H]1O)C(=O)CC2. The van der Waals surface area contributed by atoms with Crippen LogP contribution in [0.4, 0.5) is 0 Å². The van der Waals surface area contributed by atoms with Crippen LogP contribution in [0, 0.1) is 29.1 Å². The Morgan fingerprint density at radius 1 is 0.974 bits per heavy atom. The molecule has 0 aliphatic heterocycles. The predicted octanol–water partition coefficient (Wildman–Crippen LogP) is 5.24. The summed E-state index contributed by atoms with van der Waals surface area (Å²) in [6, 6.07) is 3.48. The molecule has 6 heteroatoms. The number of aromatic hydroxyl groups is 1. The van der Waals surface area contributed by atoms with Gasteiger partial charge in [0.25, 0.3) is 0 Å².